The minimum absolute atomic E-state index is 0.0370. The molecular formula is C19H23N3O3. The number of nitrogens with zero attached hydrogens (tertiary/aromatic N) is 3. The maximum absolute atomic E-state index is 12.9. The third-order valence-corrected chi connectivity index (χ3v) is 4.99. The molecule has 0 bridgehead atoms. The predicted octanol–water partition coefficient (Wildman–Crippen LogP) is 2.83. The summed E-state index contributed by atoms with van der Waals surface area (Å²) in [6, 6.07) is 3.79. The number of amides is 1. The number of oxazole rings is 1. The van der Waals surface area contributed by atoms with E-state index in [0.29, 0.717) is 32.0 Å². The van der Waals surface area contributed by atoms with Gasteiger partial charge in [-0.3, -0.25) is 9.78 Å². The first-order valence-electron chi connectivity index (χ1n) is 8.83. The lowest BCUT2D eigenvalue weighted by molar-refractivity contribution is -0.146. The van der Waals surface area contributed by atoms with Crippen molar-refractivity contribution in [3.8, 4) is 11.5 Å². The second-order valence-electron chi connectivity index (χ2n) is 7.44. The number of fused-ring (bicyclic) bond motifs is 1. The zero-order valence-electron chi connectivity index (χ0n) is 14.7. The molecule has 0 radical (unpaired) electrons. The number of pyridine rings is 1. The molecule has 6 heteroatoms. The topological polar surface area (TPSA) is 68.5 Å². The molecule has 2 aliphatic rings. The minimum Gasteiger partial charge on any atom is -0.441 e. The maximum atomic E-state index is 12.9. The molecule has 4 heterocycles. The van der Waals surface area contributed by atoms with Crippen LogP contribution in [0.3, 0.4) is 0 Å². The van der Waals surface area contributed by atoms with Crippen LogP contribution in [0.4, 0.5) is 0 Å². The summed E-state index contributed by atoms with van der Waals surface area (Å²) in [4.78, 5) is 23.6. The van der Waals surface area contributed by atoms with Gasteiger partial charge in [0.05, 0.1) is 17.7 Å². The minimum atomic E-state index is -0.221. The van der Waals surface area contributed by atoms with Crippen molar-refractivity contribution in [2.75, 3.05) is 13.2 Å². The molecule has 1 saturated heterocycles. The van der Waals surface area contributed by atoms with Crippen LogP contribution in [0.2, 0.25) is 0 Å². The molecule has 0 aromatic carbocycles. The lowest BCUT2D eigenvalue weighted by atomic mass is 9.87. The van der Waals surface area contributed by atoms with Crippen molar-refractivity contribution in [3.05, 3.63) is 36.0 Å². The summed E-state index contributed by atoms with van der Waals surface area (Å²) in [6.45, 7) is 5.97. The fourth-order valence-electron chi connectivity index (χ4n) is 3.70. The lowest BCUT2D eigenvalue weighted by Crippen LogP contribution is -2.45. The number of carbonyl (C=O) groups excluding carboxylic acids is 1. The molecule has 1 amide bonds. The van der Waals surface area contributed by atoms with E-state index < -0.39 is 0 Å². The molecule has 4 rings (SSSR count). The van der Waals surface area contributed by atoms with Crippen molar-refractivity contribution in [3.63, 3.8) is 0 Å². The van der Waals surface area contributed by atoms with Gasteiger partial charge in [-0.1, -0.05) is 0 Å². The molecule has 0 saturated carbocycles. The Labute approximate surface area is 147 Å². The molecule has 0 N–H and O–H groups in total. The zero-order valence-corrected chi connectivity index (χ0v) is 14.7. The summed E-state index contributed by atoms with van der Waals surface area (Å²) in [5.41, 5.74) is 1.51. The van der Waals surface area contributed by atoms with Crippen molar-refractivity contribution < 1.29 is 13.9 Å². The van der Waals surface area contributed by atoms with Crippen LogP contribution in [0.1, 0.15) is 38.1 Å². The summed E-state index contributed by atoms with van der Waals surface area (Å²) in [6.07, 6.45) is 5.74. The van der Waals surface area contributed by atoms with Crippen LogP contribution in [0, 0.1) is 5.92 Å². The van der Waals surface area contributed by atoms with E-state index >= 15 is 0 Å². The number of aromatic nitrogens is 2. The largest absolute Gasteiger partial charge is 0.441 e. The smallest absolute Gasteiger partial charge is 0.228 e. The van der Waals surface area contributed by atoms with Crippen LogP contribution in [0.25, 0.3) is 11.5 Å². The van der Waals surface area contributed by atoms with E-state index in [1.54, 1.807) is 12.4 Å². The predicted molar refractivity (Wildman–Crippen MR) is 91.6 cm³/mol. The highest BCUT2D eigenvalue weighted by molar-refractivity contribution is 5.79. The fourth-order valence-corrected chi connectivity index (χ4v) is 3.70. The zero-order chi connectivity index (χ0) is 17.4. The maximum Gasteiger partial charge on any atom is 0.228 e. The summed E-state index contributed by atoms with van der Waals surface area (Å²) in [7, 11) is 0. The Hall–Kier alpha value is -2.21. The van der Waals surface area contributed by atoms with Crippen molar-refractivity contribution in [2.45, 2.75) is 45.3 Å². The van der Waals surface area contributed by atoms with Gasteiger partial charge in [-0.15, -0.1) is 0 Å². The van der Waals surface area contributed by atoms with Gasteiger partial charge in [-0.2, -0.15) is 0 Å². The van der Waals surface area contributed by atoms with Crippen molar-refractivity contribution in [2.24, 2.45) is 5.92 Å². The highest BCUT2D eigenvalue weighted by atomic mass is 16.5. The monoisotopic (exact) mass is 341 g/mol. The number of carbonyl (C=O) groups is 1. The highest BCUT2D eigenvalue weighted by Gasteiger charge is 2.36. The number of ether oxygens (including phenoxy) is 1. The van der Waals surface area contributed by atoms with Gasteiger partial charge in [0.15, 0.2) is 0 Å². The average Bonchev–Trinajstić information content (AvgIpc) is 3.04. The number of rotatable bonds is 2. The van der Waals surface area contributed by atoms with Gasteiger partial charge in [0.2, 0.25) is 11.8 Å². The van der Waals surface area contributed by atoms with E-state index in [2.05, 4.69) is 23.8 Å². The Morgan fingerprint density at radius 1 is 1.40 bits per heavy atom. The van der Waals surface area contributed by atoms with Gasteiger partial charge in [-0.25, -0.2) is 4.98 Å². The van der Waals surface area contributed by atoms with Gasteiger partial charge in [0.25, 0.3) is 0 Å². The van der Waals surface area contributed by atoms with E-state index in [0.717, 1.165) is 29.9 Å². The molecule has 6 nitrogen and oxygen atoms in total. The Bertz CT molecular complexity index is 769. The van der Waals surface area contributed by atoms with Crippen LogP contribution in [-0.4, -0.2) is 39.5 Å². The van der Waals surface area contributed by atoms with Crippen LogP contribution in [0.5, 0.6) is 0 Å². The molecular weight excluding hydrogens is 318 g/mol. The van der Waals surface area contributed by atoms with Crippen LogP contribution < -0.4 is 0 Å². The molecule has 1 fully saturated rings. The summed E-state index contributed by atoms with van der Waals surface area (Å²) in [5, 5.41) is 0. The molecule has 132 valence electrons. The van der Waals surface area contributed by atoms with Crippen molar-refractivity contribution in [1.82, 2.24) is 14.9 Å². The number of hydrogen-bond acceptors (Lipinski definition) is 5. The van der Waals surface area contributed by atoms with E-state index in [1.165, 1.54) is 0 Å². The van der Waals surface area contributed by atoms with E-state index in [-0.39, 0.29) is 17.4 Å². The first-order valence-corrected chi connectivity index (χ1v) is 8.83. The summed E-state index contributed by atoms with van der Waals surface area (Å²) >= 11 is 0. The van der Waals surface area contributed by atoms with Crippen molar-refractivity contribution >= 4 is 5.91 Å². The molecule has 0 spiro atoms. The van der Waals surface area contributed by atoms with Gasteiger partial charge in [-0.05, 0) is 38.8 Å². The first kappa shape index (κ1) is 16.3. The lowest BCUT2D eigenvalue weighted by Gasteiger charge is -2.37. The second kappa shape index (κ2) is 6.26. The van der Waals surface area contributed by atoms with Gasteiger partial charge < -0.3 is 14.1 Å². The Morgan fingerprint density at radius 3 is 3.04 bits per heavy atom. The SMILES string of the molecule is CC1(C)CC(C(=O)N2CCc3oc(-c4cccnc4)nc3C2)CCO1. The quantitative estimate of drug-likeness (QED) is 0.840. The van der Waals surface area contributed by atoms with Gasteiger partial charge in [0, 0.05) is 37.9 Å². The second-order valence-corrected chi connectivity index (χ2v) is 7.44. The normalized spacial score (nSPS) is 22.5. The molecule has 2 aliphatic heterocycles. The Kier molecular flexibility index (Phi) is 4.07. The molecule has 2 aromatic rings. The molecule has 25 heavy (non-hydrogen) atoms. The van der Waals surface area contributed by atoms with Gasteiger partial charge >= 0.3 is 0 Å². The standard InChI is InChI=1S/C19H23N3O3/c1-19(2)10-13(6-9-24-19)18(23)22-8-5-16-15(12-22)21-17(25-16)14-4-3-7-20-11-14/h3-4,7,11,13H,5-6,8-10,12H2,1-2H3. The average molecular weight is 341 g/mol. The van der Waals surface area contributed by atoms with Crippen LogP contribution in [-0.2, 0) is 22.5 Å². The van der Waals surface area contributed by atoms with Crippen molar-refractivity contribution in [1.29, 1.82) is 0 Å². The third-order valence-electron chi connectivity index (χ3n) is 4.99. The van der Waals surface area contributed by atoms with Crippen LogP contribution >= 0.6 is 0 Å². The molecule has 1 atom stereocenters. The van der Waals surface area contributed by atoms with Crippen LogP contribution in [0.15, 0.2) is 28.9 Å². The summed E-state index contributed by atoms with van der Waals surface area (Å²) < 4.78 is 11.6. The highest BCUT2D eigenvalue weighted by Crippen LogP contribution is 2.32. The molecule has 1 unspecified atom stereocenters. The Morgan fingerprint density at radius 2 is 2.28 bits per heavy atom. The van der Waals surface area contributed by atoms with E-state index in [4.69, 9.17) is 9.15 Å². The van der Waals surface area contributed by atoms with E-state index in [9.17, 15) is 4.79 Å². The van der Waals surface area contributed by atoms with E-state index in [1.807, 2.05) is 17.0 Å². The fraction of sp³-hybridized carbons (Fsp3) is 0.526. The summed E-state index contributed by atoms with van der Waals surface area (Å²) in [5.74, 6) is 1.72. The third kappa shape index (κ3) is 3.31. The molecule has 2 aromatic heterocycles. The first-order chi connectivity index (χ1) is 12.0. The molecule has 0 aliphatic carbocycles. The Balaban J connectivity index is 1.49. The number of hydrogen-bond donors (Lipinski definition) is 0. The van der Waals surface area contributed by atoms with Gasteiger partial charge in [0.1, 0.15) is 11.5 Å².